The second kappa shape index (κ2) is 7.79. The summed E-state index contributed by atoms with van der Waals surface area (Å²) in [6.07, 6.45) is 0.526. The van der Waals surface area contributed by atoms with Gasteiger partial charge in [-0.05, 0) is 41.8 Å². The third kappa shape index (κ3) is 4.07. The van der Waals surface area contributed by atoms with E-state index < -0.39 is 11.1 Å². The number of nitrogens with zero attached hydrogens (tertiary/aromatic N) is 3. The molecule has 2 heterocycles. The summed E-state index contributed by atoms with van der Waals surface area (Å²) in [6, 6.07) is 13.3. The molecule has 0 spiro atoms. The fraction of sp³-hybridized carbons (Fsp3) is 0.238. The maximum atomic E-state index is 12.2. The van der Waals surface area contributed by atoms with Crippen LogP contribution in [-0.2, 0) is 13.0 Å². The molecular formula is C21H19BrN4O3. The first-order valence-electron chi connectivity index (χ1n) is 9.25. The lowest BCUT2D eigenvalue weighted by Gasteiger charge is -2.12. The SMILES string of the molecule is CC(C)Cn1c(=O)c(=O)[nH]c2cc(-c3noc(Cc4ccc(Br)cc4)n3)ccc21. The standard InChI is InChI=1S/C21H19BrN4O3/c1-12(2)11-26-17-8-5-14(10-16(17)23-20(27)21(26)28)19-24-18(29-25-19)9-13-3-6-15(22)7-4-13/h3-8,10,12H,9,11H2,1-2H3,(H,23,27). The van der Waals surface area contributed by atoms with Gasteiger partial charge < -0.3 is 14.1 Å². The second-order valence-corrected chi connectivity index (χ2v) is 8.23. The Kier molecular flexibility index (Phi) is 5.19. The number of fused-ring (bicyclic) bond motifs is 1. The van der Waals surface area contributed by atoms with Crippen LogP contribution in [-0.4, -0.2) is 19.7 Å². The van der Waals surface area contributed by atoms with E-state index in [1.165, 1.54) is 4.57 Å². The van der Waals surface area contributed by atoms with Crippen molar-refractivity contribution in [3.05, 3.63) is 79.1 Å². The molecule has 8 heteroatoms. The Morgan fingerprint density at radius 2 is 1.90 bits per heavy atom. The van der Waals surface area contributed by atoms with Crippen molar-refractivity contribution in [3.63, 3.8) is 0 Å². The molecule has 0 amide bonds. The molecule has 0 aliphatic rings. The molecule has 2 aromatic heterocycles. The van der Waals surface area contributed by atoms with Crippen molar-refractivity contribution in [1.29, 1.82) is 0 Å². The maximum absolute atomic E-state index is 12.2. The molecule has 29 heavy (non-hydrogen) atoms. The van der Waals surface area contributed by atoms with Gasteiger partial charge in [0.1, 0.15) is 0 Å². The van der Waals surface area contributed by atoms with E-state index >= 15 is 0 Å². The molecule has 0 atom stereocenters. The van der Waals surface area contributed by atoms with Gasteiger partial charge >= 0.3 is 11.1 Å². The van der Waals surface area contributed by atoms with Crippen molar-refractivity contribution in [2.45, 2.75) is 26.8 Å². The molecule has 0 radical (unpaired) electrons. The Hall–Kier alpha value is -3.00. The van der Waals surface area contributed by atoms with Crippen LogP contribution in [0.25, 0.3) is 22.4 Å². The predicted octanol–water partition coefficient (Wildman–Crippen LogP) is 3.75. The number of aromatic nitrogens is 4. The van der Waals surface area contributed by atoms with Crippen molar-refractivity contribution in [2.24, 2.45) is 5.92 Å². The summed E-state index contributed by atoms with van der Waals surface area (Å²) in [7, 11) is 0. The van der Waals surface area contributed by atoms with Crippen LogP contribution < -0.4 is 11.1 Å². The fourth-order valence-corrected chi connectivity index (χ4v) is 3.45. The first-order valence-corrected chi connectivity index (χ1v) is 10.0. The summed E-state index contributed by atoms with van der Waals surface area (Å²) >= 11 is 3.41. The first-order chi connectivity index (χ1) is 13.9. The van der Waals surface area contributed by atoms with E-state index in [0.717, 1.165) is 10.0 Å². The highest BCUT2D eigenvalue weighted by molar-refractivity contribution is 9.10. The van der Waals surface area contributed by atoms with Gasteiger partial charge in [0.05, 0.1) is 17.5 Å². The molecule has 0 bridgehead atoms. The zero-order chi connectivity index (χ0) is 20.5. The Labute approximate surface area is 174 Å². The lowest BCUT2D eigenvalue weighted by molar-refractivity contribution is 0.385. The Morgan fingerprint density at radius 1 is 1.14 bits per heavy atom. The van der Waals surface area contributed by atoms with Gasteiger partial charge in [-0.25, -0.2) is 0 Å². The van der Waals surface area contributed by atoms with E-state index in [2.05, 4.69) is 31.1 Å². The van der Waals surface area contributed by atoms with Crippen LogP contribution in [0.1, 0.15) is 25.3 Å². The minimum absolute atomic E-state index is 0.232. The lowest BCUT2D eigenvalue weighted by atomic mass is 10.1. The molecule has 7 nitrogen and oxygen atoms in total. The van der Waals surface area contributed by atoms with Gasteiger partial charge in [-0.3, -0.25) is 9.59 Å². The van der Waals surface area contributed by atoms with E-state index in [1.807, 2.05) is 44.2 Å². The molecule has 1 N–H and O–H groups in total. The van der Waals surface area contributed by atoms with Crippen molar-refractivity contribution in [3.8, 4) is 11.4 Å². The van der Waals surface area contributed by atoms with Gasteiger partial charge in [-0.2, -0.15) is 4.98 Å². The Bertz CT molecular complexity index is 1290. The second-order valence-electron chi connectivity index (χ2n) is 7.31. The largest absolute Gasteiger partial charge is 0.339 e. The van der Waals surface area contributed by atoms with Gasteiger partial charge in [0.15, 0.2) is 0 Å². The van der Waals surface area contributed by atoms with Crippen LogP contribution >= 0.6 is 15.9 Å². The van der Waals surface area contributed by atoms with Crippen molar-refractivity contribution < 1.29 is 4.52 Å². The van der Waals surface area contributed by atoms with Crippen molar-refractivity contribution in [1.82, 2.24) is 19.7 Å². The molecule has 4 rings (SSSR count). The quantitative estimate of drug-likeness (QED) is 0.463. The van der Waals surface area contributed by atoms with Crippen LogP contribution in [0.15, 0.2) is 61.0 Å². The van der Waals surface area contributed by atoms with Gasteiger partial charge in [-0.15, -0.1) is 0 Å². The third-order valence-corrected chi connectivity index (χ3v) is 5.05. The fourth-order valence-electron chi connectivity index (χ4n) is 3.19. The monoisotopic (exact) mass is 454 g/mol. The van der Waals surface area contributed by atoms with Gasteiger partial charge in [-0.1, -0.05) is 47.1 Å². The highest BCUT2D eigenvalue weighted by atomic mass is 79.9. The number of rotatable bonds is 5. The summed E-state index contributed by atoms with van der Waals surface area (Å²) in [4.78, 5) is 31.4. The van der Waals surface area contributed by atoms with Crippen LogP contribution in [0, 0.1) is 5.92 Å². The van der Waals surface area contributed by atoms with E-state index in [1.54, 1.807) is 12.1 Å². The van der Waals surface area contributed by atoms with Crippen LogP contribution in [0.5, 0.6) is 0 Å². The topological polar surface area (TPSA) is 93.8 Å². The van der Waals surface area contributed by atoms with Crippen molar-refractivity contribution >= 4 is 27.0 Å². The van der Waals surface area contributed by atoms with Gasteiger partial charge in [0.25, 0.3) is 0 Å². The highest BCUT2D eigenvalue weighted by Crippen LogP contribution is 2.22. The molecule has 0 aliphatic heterocycles. The number of H-pyrrole nitrogens is 1. The van der Waals surface area contributed by atoms with E-state index in [9.17, 15) is 9.59 Å². The van der Waals surface area contributed by atoms with Crippen LogP contribution in [0.4, 0.5) is 0 Å². The molecule has 0 aliphatic carbocycles. The van der Waals surface area contributed by atoms with Gasteiger partial charge in [0, 0.05) is 16.6 Å². The average molecular weight is 455 g/mol. The Morgan fingerprint density at radius 3 is 2.62 bits per heavy atom. The molecule has 0 saturated heterocycles. The van der Waals surface area contributed by atoms with E-state index in [4.69, 9.17) is 4.52 Å². The average Bonchev–Trinajstić information content (AvgIpc) is 3.15. The predicted molar refractivity (Wildman–Crippen MR) is 114 cm³/mol. The van der Waals surface area contributed by atoms with Gasteiger partial charge in [0.2, 0.25) is 11.7 Å². The first kappa shape index (κ1) is 19.3. The zero-order valence-electron chi connectivity index (χ0n) is 16.0. The third-order valence-electron chi connectivity index (χ3n) is 4.52. The summed E-state index contributed by atoms with van der Waals surface area (Å²) in [5, 5.41) is 4.06. The molecule has 0 unspecified atom stereocenters. The summed E-state index contributed by atoms with van der Waals surface area (Å²) < 4.78 is 7.90. The minimum atomic E-state index is -0.640. The molecular weight excluding hydrogens is 436 g/mol. The normalized spacial score (nSPS) is 11.4. The van der Waals surface area contributed by atoms with E-state index in [0.29, 0.717) is 41.3 Å². The Balaban J connectivity index is 1.69. The number of hydrogen-bond donors (Lipinski definition) is 1. The minimum Gasteiger partial charge on any atom is -0.339 e. The molecule has 4 aromatic rings. The number of aromatic amines is 1. The number of hydrogen-bond acceptors (Lipinski definition) is 5. The summed E-state index contributed by atoms with van der Waals surface area (Å²) in [6.45, 7) is 4.47. The van der Waals surface area contributed by atoms with Crippen molar-refractivity contribution in [2.75, 3.05) is 0 Å². The molecule has 0 saturated carbocycles. The highest BCUT2D eigenvalue weighted by Gasteiger charge is 2.13. The zero-order valence-corrected chi connectivity index (χ0v) is 17.6. The molecule has 2 aromatic carbocycles. The number of nitrogens with one attached hydrogen (secondary N) is 1. The molecule has 0 fully saturated rings. The van der Waals surface area contributed by atoms with Crippen LogP contribution in [0.3, 0.4) is 0 Å². The van der Waals surface area contributed by atoms with Crippen LogP contribution in [0.2, 0.25) is 0 Å². The maximum Gasteiger partial charge on any atom is 0.316 e. The smallest absolute Gasteiger partial charge is 0.316 e. The lowest BCUT2D eigenvalue weighted by Crippen LogP contribution is -2.37. The summed E-state index contributed by atoms with van der Waals surface area (Å²) in [5.41, 5.74) is 1.81. The summed E-state index contributed by atoms with van der Waals surface area (Å²) in [5.74, 6) is 1.16. The number of halogens is 1. The molecule has 148 valence electrons. The number of benzene rings is 2. The van der Waals surface area contributed by atoms with E-state index in [-0.39, 0.29) is 5.92 Å².